The number of aromatic carboxylic acids is 1. The number of nitrogens with zero attached hydrogens (tertiary/aromatic N) is 1. The van der Waals surface area contributed by atoms with E-state index in [1.165, 1.54) is 23.1 Å². The Morgan fingerprint density at radius 3 is 3.08 bits per heavy atom. The van der Waals surface area contributed by atoms with Crippen LogP contribution in [0.3, 0.4) is 0 Å². The molecule has 0 aliphatic heterocycles. The van der Waals surface area contributed by atoms with Crippen molar-refractivity contribution < 1.29 is 9.90 Å². The maximum atomic E-state index is 10.7. The Hall–Kier alpha value is -0.810. The first-order chi connectivity index (χ1) is 6.15. The molecule has 0 aromatic carbocycles. The molecule has 1 rings (SSSR count). The highest BCUT2D eigenvalue weighted by atomic mass is 32.2. The van der Waals surface area contributed by atoms with Crippen molar-refractivity contribution in [3.63, 3.8) is 0 Å². The van der Waals surface area contributed by atoms with Gasteiger partial charge in [-0.1, -0.05) is 6.08 Å². The summed E-state index contributed by atoms with van der Waals surface area (Å²) in [6.07, 6.45) is 1.73. The van der Waals surface area contributed by atoms with Gasteiger partial charge in [-0.15, -0.1) is 29.7 Å². The number of carboxylic acids is 1. The van der Waals surface area contributed by atoms with E-state index in [1.54, 1.807) is 13.0 Å². The molecule has 0 saturated heterocycles. The molecule has 70 valence electrons. The van der Waals surface area contributed by atoms with Crippen molar-refractivity contribution in [1.82, 2.24) is 4.98 Å². The molecule has 0 bridgehead atoms. The second-order valence-electron chi connectivity index (χ2n) is 2.27. The van der Waals surface area contributed by atoms with Crippen LogP contribution in [0.2, 0.25) is 0 Å². The molecule has 1 aromatic heterocycles. The summed E-state index contributed by atoms with van der Waals surface area (Å²) in [7, 11) is 0. The van der Waals surface area contributed by atoms with E-state index in [1.807, 2.05) is 0 Å². The summed E-state index contributed by atoms with van der Waals surface area (Å²) >= 11 is 2.60. The molecule has 0 atom stereocenters. The molecule has 0 radical (unpaired) electrons. The van der Waals surface area contributed by atoms with Crippen LogP contribution in [-0.4, -0.2) is 21.8 Å². The second kappa shape index (κ2) is 4.43. The van der Waals surface area contributed by atoms with E-state index in [9.17, 15) is 4.79 Å². The van der Waals surface area contributed by atoms with Gasteiger partial charge in [0.1, 0.15) is 9.90 Å². The smallest absolute Gasteiger partial charge is 0.348 e. The average molecular weight is 215 g/mol. The van der Waals surface area contributed by atoms with E-state index < -0.39 is 5.97 Å². The zero-order valence-electron chi connectivity index (χ0n) is 7.11. The molecule has 0 aliphatic rings. The van der Waals surface area contributed by atoms with Crippen molar-refractivity contribution in [2.75, 3.05) is 5.75 Å². The minimum absolute atomic E-state index is 0.323. The lowest BCUT2D eigenvalue weighted by atomic mass is 10.6. The Kier molecular flexibility index (Phi) is 3.50. The zero-order valence-corrected chi connectivity index (χ0v) is 8.74. The molecule has 1 heterocycles. The molecule has 0 aliphatic carbocycles. The maximum Gasteiger partial charge on any atom is 0.348 e. The van der Waals surface area contributed by atoms with Gasteiger partial charge in [0.25, 0.3) is 0 Å². The largest absolute Gasteiger partial charge is 0.477 e. The van der Waals surface area contributed by atoms with Crippen LogP contribution in [0, 0.1) is 6.92 Å². The monoisotopic (exact) mass is 215 g/mol. The van der Waals surface area contributed by atoms with Crippen LogP contribution in [0.5, 0.6) is 0 Å². The van der Waals surface area contributed by atoms with Crippen LogP contribution in [0.25, 0.3) is 0 Å². The van der Waals surface area contributed by atoms with Gasteiger partial charge in [-0.2, -0.15) is 0 Å². The van der Waals surface area contributed by atoms with E-state index >= 15 is 0 Å². The van der Waals surface area contributed by atoms with E-state index in [4.69, 9.17) is 5.11 Å². The topological polar surface area (TPSA) is 50.2 Å². The van der Waals surface area contributed by atoms with E-state index in [0.29, 0.717) is 15.7 Å². The minimum atomic E-state index is -0.905. The van der Waals surface area contributed by atoms with Crippen molar-refractivity contribution in [3.8, 4) is 0 Å². The Morgan fingerprint density at radius 2 is 2.54 bits per heavy atom. The van der Waals surface area contributed by atoms with Crippen LogP contribution < -0.4 is 0 Å². The number of thiazole rings is 1. The highest BCUT2D eigenvalue weighted by Crippen LogP contribution is 2.27. The van der Waals surface area contributed by atoms with Gasteiger partial charge in [0.2, 0.25) is 0 Å². The van der Waals surface area contributed by atoms with Crippen LogP contribution in [0.4, 0.5) is 0 Å². The summed E-state index contributed by atoms with van der Waals surface area (Å²) in [5.74, 6) is -0.221. The van der Waals surface area contributed by atoms with Crippen LogP contribution in [0.1, 0.15) is 14.7 Å². The van der Waals surface area contributed by atoms with E-state index in [0.717, 1.165) is 5.01 Å². The lowest BCUT2D eigenvalue weighted by Gasteiger charge is -1.93. The third kappa shape index (κ3) is 2.57. The predicted octanol–water partition coefficient (Wildman–Crippen LogP) is 2.43. The zero-order chi connectivity index (χ0) is 9.84. The summed E-state index contributed by atoms with van der Waals surface area (Å²) in [5.41, 5.74) is 0. The number of aromatic nitrogens is 1. The Morgan fingerprint density at radius 1 is 1.85 bits per heavy atom. The summed E-state index contributed by atoms with van der Waals surface area (Å²) in [6, 6.07) is 0. The van der Waals surface area contributed by atoms with Gasteiger partial charge in [0, 0.05) is 5.75 Å². The first kappa shape index (κ1) is 10.3. The normalized spacial score (nSPS) is 9.92. The molecule has 1 N–H and O–H groups in total. The molecule has 0 spiro atoms. The number of thioether (sulfide) groups is 1. The van der Waals surface area contributed by atoms with Crippen molar-refractivity contribution in [3.05, 3.63) is 22.5 Å². The Balaban J connectivity index is 2.90. The van der Waals surface area contributed by atoms with Crippen molar-refractivity contribution >= 4 is 29.1 Å². The van der Waals surface area contributed by atoms with Crippen LogP contribution in [0.15, 0.2) is 17.7 Å². The highest BCUT2D eigenvalue weighted by molar-refractivity contribution is 7.99. The number of hydrogen-bond acceptors (Lipinski definition) is 4. The van der Waals surface area contributed by atoms with Gasteiger partial charge < -0.3 is 5.11 Å². The standard InChI is InChI=1S/C8H9NO2S2/c1-3-4-12-7-6(8(10)11)13-5(2)9-7/h3H,1,4H2,2H3,(H,10,11). The van der Waals surface area contributed by atoms with Crippen LogP contribution in [-0.2, 0) is 0 Å². The first-order valence-corrected chi connectivity index (χ1v) is 5.39. The van der Waals surface area contributed by atoms with Crippen molar-refractivity contribution in [1.29, 1.82) is 0 Å². The summed E-state index contributed by atoms with van der Waals surface area (Å²) in [6.45, 7) is 5.37. The number of rotatable bonds is 4. The fourth-order valence-electron chi connectivity index (χ4n) is 0.779. The minimum Gasteiger partial charge on any atom is -0.477 e. The number of hydrogen-bond donors (Lipinski definition) is 1. The molecule has 13 heavy (non-hydrogen) atoms. The van der Waals surface area contributed by atoms with Crippen molar-refractivity contribution in [2.24, 2.45) is 0 Å². The SMILES string of the molecule is C=CCSc1nc(C)sc1C(=O)O. The summed E-state index contributed by atoms with van der Waals surface area (Å²) in [4.78, 5) is 15.2. The molecule has 5 heteroatoms. The number of carboxylic acid groups (broad SMARTS) is 1. The first-order valence-electron chi connectivity index (χ1n) is 3.59. The Bertz CT molecular complexity index is 333. The second-order valence-corrected chi connectivity index (χ2v) is 4.48. The van der Waals surface area contributed by atoms with E-state index in [-0.39, 0.29) is 0 Å². The average Bonchev–Trinajstić information content (AvgIpc) is 2.43. The Labute approximate surface area is 84.5 Å². The molecular formula is C8H9NO2S2. The van der Waals surface area contributed by atoms with Gasteiger partial charge in [0.05, 0.1) is 5.01 Å². The highest BCUT2D eigenvalue weighted by Gasteiger charge is 2.15. The summed E-state index contributed by atoms with van der Waals surface area (Å²) < 4.78 is 0. The third-order valence-corrected chi connectivity index (χ3v) is 3.29. The van der Waals surface area contributed by atoms with Gasteiger partial charge in [-0.25, -0.2) is 9.78 Å². The number of aryl methyl sites for hydroxylation is 1. The van der Waals surface area contributed by atoms with Gasteiger partial charge in [0.15, 0.2) is 0 Å². The predicted molar refractivity (Wildman–Crippen MR) is 54.7 cm³/mol. The van der Waals surface area contributed by atoms with Gasteiger partial charge in [-0.3, -0.25) is 0 Å². The quantitative estimate of drug-likeness (QED) is 0.619. The number of carbonyl (C=O) groups is 1. The summed E-state index contributed by atoms with van der Waals surface area (Å²) in [5, 5.41) is 10.2. The molecule has 0 saturated carbocycles. The van der Waals surface area contributed by atoms with Crippen LogP contribution >= 0.6 is 23.1 Å². The molecule has 1 aromatic rings. The van der Waals surface area contributed by atoms with Gasteiger partial charge >= 0.3 is 5.97 Å². The molecular weight excluding hydrogens is 206 g/mol. The lowest BCUT2D eigenvalue weighted by Crippen LogP contribution is -1.94. The van der Waals surface area contributed by atoms with E-state index in [2.05, 4.69) is 11.6 Å². The van der Waals surface area contributed by atoms with Gasteiger partial charge in [-0.05, 0) is 6.92 Å². The molecule has 3 nitrogen and oxygen atoms in total. The lowest BCUT2D eigenvalue weighted by molar-refractivity contribution is 0.0698. The fourth-order valence-corrected chi connectivity index (χ4v) is 2.49. The third-order valence-electron chi connectivity index (χ3n) is 1.24. The van der Waals surface area contributed by atoms with Crippen molar-refractivity contribution in [2.45, 2.75) is 11.9 Å². The molecule has 0 unspecified atom stereocenters. The maximum absolute atomic E-state index is 10.7. The molecule has 0 amide bonds. The molecule has 0 fully saturated rings. The fraction of sp³-hybridized carbons (Fsp3) is 0.250.